The van der Waals surface area contributed by atoms with E-state index in [1.807, 2.05) is 12.1 Å². The van der Waals surface area contributed by atoms with Gasteiger partial charge in [0.15, 0.2) is 0 Å². The first-order valence-electron chi connectivity index (χ1n) is 6.89. The number of esters is 1. The van der Waals surface area contributed by atoms with Crippen molar-refractivity contribution < 1.29 is 9.53 Å². The number of hydrogen-bond donors (Lipinski definition) is 0. The molecule has 3 heteroatoms. The fourth-order valence-electron chi connectivity index (χ4n) is 2.52. The van der Waals surface area contributed by atoms with Gasteiger partial charge < -0.3 is 4.74 Å². The number of nitrogens with zero attached hydrogens (tertiary/aromatic N) is 1. The zero-order valence-electron chi connectivity index (χ0n) is 10.8. The van der Waals surface area contributed by atoms with Gasteiger partial charge in [-0.2, -0.15) is 0 Å². The predicted octanol–water partition coefficient (Wildman–Crippen LogP) is 3.14. The van der Waals surface area contributed by atoms with Crippen LogP contribution in [0.25, 0.3) is 0 Å². The van der Waals surface area contributed by atoms with Crippen LogP contribution in [0, 0.1) is 5.92 Å². The average Bonchev–Trinajstić information content (AvgIpc) is 2.89. The van der Waals surface area contributed by atoms with Crippen molar-refractivity contribution in [2.45, 2.75) is 44.9 Å². The molecular formula is C15H21NO2. The molecule has 2 rings (SSSR count). The zero-order valence-corrected chi connectivity index (χ0v) is 10.8. The number of carbonyl (C=O) groups is 1. The van der Waals surface area contributed by atoms with Crippen LogP contribution in [0.2, 0.25) is 0 Å². The summed E-state index contributed by atoms with van der Waals surface area (Å²) < 4.78 is 5.27. The molecule has 0 unspecified atom stereocenters. The third-order valence-electron chi connectivity index (χ3n) is 3.55. The highest BCUT2D eigenvalue weighted by atomic mass is 16.5. The van der Waals surface area contributed by atoms with Crippen LogP contribution in [0.4, 0.5) is 0 Å². The van der Waals surface area contributed by atoms with Crippen LogP contribution in [-0.4, -0.2) is 17.6 Å². The van der Waals surface area contributed by atoms with Gasteiger partial charge >= 0.3 is 5.97 Å². The molecule has 18 heavy (non-hydrogen) atoms. The van der Waals surface area contributed by atoms with E-state index in [0.717, 1.165) is 12.8 Å². The van der Waals surface area contributed by atoms with Gasteiger partial charge in [-0.15, -0.1) is 0 Å². The minimum atomic E-state index is -0.0170. The number of hydrogen-bond acceptors (Lipinski definition) is 3. The molecule has 98 valence electrons. The molecule has 0 atom stereocenters. The maximum Gasteiger partial charge on any atom is 0.306 e. The SMILES string of the molecule is O=C(CC1CCCC1)OCCCc1ccncc1. The molecule has 1 saturated carbocycles. The monoisotopic (exact) mass is 247 g/mol. The Hall–Kier alpha value is -1.38. The van der Waals surface area contributed by atoms with Crippen LogP contribution in [0.3, 0.4) is 0 Å². The van der Waals surface area contributed by atoms with Gasteiger partial charge in [0.2, 0.25) is 0 Å². The average molecular weight is 247 g/mol. The van der Waals surface area contributed by atoms with Crippen molar-refractivity contribution in [3.63, 3.8) is 0 Å². The Morgan fingerprint density at radius 2 is 2.00 bits per heavy atom. The topological polar surface area (TPSA) is 39.2 Å². The summed E-state index contributed by atoms with van der Waals surface area (Å²) in [5, 5.41) is 0. The quantitative estimate of drug-likeness (QED) is 0.572. The number of pyridine rings is 1. The van der Waals surface area contributed by atoms with Crippen LogP contribution < -0.4 is 0 Å². The van der Waals surface area contributed by atoms with Crippen molar-refractivity contribution in [1.82, 2.24) is 4.98 Å². The predicted molar refractivity (Wildman–Crippen MR) is 70.1 cm³/mol. The molecule has 0 aromatic carbocycles. The lowest BCUT2D eigenvalue weighted by Crippen LogP contribution is -2.10. The summed E-state index contributed by atoms with van der Waals surface area (Å²) in [5.41, 5.74) is 1.25. The molecule has 1 heterocycles. The summed E-state index contributed by atoms with van der Waals surface area (Å²) in [5.74, 6) is 0.564. The Balaban J connectivity index is 1.56. The van der Waals surface area contributed by atoms with Crippen molar-refractivity contribution in [3.8, 4) is 0 Å². The third kappa shape index (κ3) is 4.47. The van der Waals surface area contributed by atoms with E-state index in [-0.39, 0.29) is 5.97 Å². The van der Waals surface area contributed by atoms with Gasteiger partial charge in [-0.05, 0) is 49.3 Å². The summed E-state index contributed by atoms with van der Waals surface area (Å²) in [7, 11) is 0. The maximum atomic E-state index is 11.6. The van der Waals surface area contributed by atoms with E-state index in [1.54, 1.807) is 12.4 Å². The zero-order chi connectivity index (χ0) is 12.6. The highest BCUT2D eigenvalue weighted by molar-refractivity contribution is 5.69. The highest BCUT2D eigenvalue weighted by Gasteiger charge is 2.18. The molecule has 0 spiro atoms. The van der Waals surface area contributed by atoms with E-state index < -0.39 is 0 Å². The van der Waals surface area contributed by atoms with E-state index >= 15 is 0 Å². The van der Waals surface area contributed by atoms with Gasteiger partial charge in [-0.25, -0.2) is 0 Å². The first kappa shape index (κ1) is 13.1. The number of aryl methyl sites for hydroxylation is 1. The Morgan fingerprint density at radius 3 is 2.72 bits per heavy atom. The molecule has 1 fully saturated rings. The first-order chi connectivity index (χ1) is 8.84. The summed E-state index contributed by atoms with van der Waals surface area (Å²) in [6, 6.07) is 4.00. The summed E-state index contributed by atoms with van der Waals surface area (Å²) in [4.78, 5) is 15.6. The van der Waals surface area contributed by atoms with Crippen molar-refractivity contribution in [3.05, 3.63) is 30.1 Å². The van der Waals surface area contributed by atoms with E-state index in [1.165, 1.54) is 31.2 Å². The van der Waals surface area contributed by atoms with Crippen LogP contribution in [-0.2, 0) is 16.0 Å². The minimum absolute atomic E-state index is 0.0170. The fourth-order valence-corrected chi connectivity index (χ4v) is 2.52. The highest BCUT2D eigenvalue weighted by Crippen LogP contribution is 2.27. The summed E-state index contributed by atoms with van der Waals surface area (Å²) in [6.45, 7) is 0.536. The van der Waals surface area contributed by atoms with Gasteiger partial charge in [0.25, 0.3) is 0 Å². The first-order valence-corrected chi connectivity index (χ1v) is 6.89. The van der Waals surface area contributed by atoms with Crippen LogP contribution in [0.5, 0.6) is 0 Å². The lowest BCUT2D eigenvalue weighted by atomic mass is 10.0. The Bertz CT molecular complexity index is 358. The Kier molecular flexibility index (Phi) is 5.18. The lowest BCUT2D eigenvalue weighted by Gasteiger charge is -2.08. The molecule has 1 aromatic heterocycles. The van der Waals surface area contributed by atoms with Gasteiger partial charge in [0.05, 0.1) is 6.61 Å². The molecule has 0 bridgehead atoms. The standard InChI is InChI=1S/C15H21NO2/c17-15(12-14-4-1-2-5-14)18-11-3-6-13-7-9-16-10-8-13/h7-10,14H,1-6,11-12H2. The van der Waals surface area contributed by atoms with Crippen molar-refractivity contribution in [1.29, 1.82) is 0 Å². The Labute approximate surface area is 109 Å². The van der Waals surface area contributed by atoms with E-state index in [4.69, 9.17) is 4.74 Å². The van der Waals surface area contributed by atoms with Crippen LogP contribution in [0.1, 0.15) is 44.1 Å². The van der Waals surface area contributed by atoms with Gasteiger partial charge in [0, 0.05) is 18.8 Å². The minimum Gasteiger partial charge on any atom is -0.466 e. The lowest BCUT2D eigenvalue weighted by molar-refractivity contribution is -0.144. The second-order valence-electron chi connectivity index (χ2n) is 5.03. The van der Waals surface area contributed by atoms with Gasteiger partial charge in [-0.3, -0.25) is 9.78 Å². The van der Waals surface area contributed by atoms with Crippen molar-refractivity contribution in [2.75, 3.05) is 6.61 Å². The number of rotatable bonds is 6. The normalized spacial score (nSPS) is 15.8. The molecule has 1 aromatic rings. The number of aromatic nitrogens is 1. The van der Waals surface area contributed by atoms with Gasteiger partial charge in [0.1, 0.15) is 0 Å². The smallest absolute Gasteiger partial charge is 0.306 e. The number of carbonyl (C=O) groups excluding carboxylic acids is 1. The molecule has 0 N–H and O–H groups in total. The van der Waals surface area contributed by atoms with Crippen molar-refractivity contribution >= 4 is 5.97 Å². The van der Waals surface area contributed by atoms with E-state index in [9.17, 15) is 4.79 Å². The Morgan fingerprint density at radius 1 is 1.28 bits per heavy atom. The molecule has 1 aliphatic carbocycles. The van der Waals surface area contributed by atoms with E-state index in [0.29, 0.717) is 18.9 Å². The summed E-state index contributed by atoms with van der Waals surface area (Å²) >= 11 is 0. The van der Waals surface area contributed by atoms with E-state index in [2.05, 4.69) is 4.98 Å². The van der Waals surface area contributed by atoms with Crippen molar-refractivity contribution in [2.24, 2.45) is 5.92 Å². The van der Waals surface area contributed by atoms with Crippen LogP contribution in [0.15, 0.2) is 24.5 Å². The largest absolute Gasteiger partial charge is 0.466 e. The fraction of sp³-hybridized carbons (Fsp3) is 0.600. The molecule has 0 aliphatic heterocycles. The molecule has 0 radical (unpaired) electrons. The van der Waals surface area contributed by atoms with Gasteiger partial charge in [-0.1, -0.05) is 12.8 Å². The second-order valence-corrected chi connectivity index (χ2v) is 5.03. The molecular weight excluding hydrogens is 226 g/mol. The van der Waals surface area contributed by atoms with Crippen LogP contribution >= 0.6 is 0 Å². The molecule has 0 saturated heterocycles. The molecule has 0 amide bonds. The molecule has 3 nitrogen and oxygen atoms in total. The maximum absolute atomic E-state index is 11.6. The molecule has 1 aliphatic rings. The second kappa shape index (κ2) is 7.14. The summed E-state index contributed by atoms with van der Waals surface area (Å²) in [6.07, 6.45) is 11.0. The third-order valence-corrected chi connectivity index (χ3v) is 3.55. The number of ether oxygens (including phenoxy) is 1.